The van der Waals surface area contributed by atoms with Crippen LogP contribution in [0.3, 0.4) is 0 Å². The molecular weight excluding hydrogens is 358 g/mol. The van der Waals surface area contributed by atoms with Gasteiger partial charge in [-0.3, -0.25) is 9.69 Å². The summed E-state index contributed by atoms with van der Waals surface area (Å²) < 4.78 is 5.13. The maximum Gasteiger partial charge on any atom is 0.310 e. The van der Waals surface area contributed by atoms with E-state index in [1.54, 1.807) is 0 Å². The van der Waals surface area contributed by atoms with Gasteiger partial charge in [0.1, 0.15) is 0 Å². The topological polar surface area (TPSA) is 29.5 Å². The first kappa shape index (κ1) is 20.8. The van der Waals surface area contributed by atoms with E-state index < -0.39 is 0 Å². The van der Waals surface area contributed by atoms with Gasteiger partial charge < -0.3 is 4.74 Å². The van der Waals surface area contributed by atoms with E-state index in [2.05, 4.69) is 72.5 Å². The zero-order valence-corrected chi connectivity index (χ0v) is 17.4. The fourth-order valence-corrected chi connectivity index (χ4v) is 3.93. The van der Waals surface area contributed by atoms with E-state index in [1.807, 2.05) is 37.3 Å². The van der Waals surface area contributed by atoms with Crippen LogP contribution in [-0.2, 0) is 16.1 Å². The minimum absolute atomic E-state index is 0.112. The van der Waals surface area contributed by atoms with E-state index >= 15 is 0 Å². The summed E-state index contributed by atoms with van der Waals surface area (Å²) in [7, 11) is 1.46. The van der Waals surface area contributed by atoms with Crippen LogP contribution in [0.4, 0.5) is 0 Å². The zero-order chi connectivity index (χ0) is 20.6. The standard InChI is InChI=1S/C26H29NO2/c1-20(26(28)29-3)25(24-17-11-6-12-18-24)27(19-22-13-7-4-8-14-22)21(2)23-15-9-5-10-16-23/h4-18,20-21,25H,19H2,1-3H3/t20-,21+,25-/m0/s1. The molecule has 3 heteroatoms. The molecule has 0 saturated heterocycles. The van der Waals surface area contributed by atoms with Crippen LogP contribution in [0.1, 0.15) is 42.6 Å². The van der Waals surface area contributed by atoms with Crippen LogP contribution < -0.4 is 0 Å². The van der Waals surface area contributed by atoms with Crippen LogP contribution in [0.2, 0.25) is 0 Å². The van der Waals surface area contributed by atoms with E-state index in [-0.39, 0.29) is 24.0 Å². The molecule has 0 saturated carbocycles. The average molecular weight is 388 g/mol. The van der Waals surface area contributed by atoms with Crippen molar-refractivity contribution in [2.24, 2.45) is 5.92 Å². The molecule has 0 N–H and O–H groups in total. The summed E-state index contributed by atoms with van der Waals surface area (Å²) in [4.78, 5) is 15.0. The lowest BCUT2D eigenvalue weighted by Gasteiger charge is -2.39. The Kier molecular flexibility index (Phi) is 7.20. The summed E-state index contributed by atoms with van der Waals surface area (Å²) in [6.45, 7) is 4.90. The summed E-state index contributed by atoms with van der Waals surface area (Å²) in [5, 5.41) is 0. The van der Waals surface area contributed by atoms with Gasteiger partial charge in [0.25, 0.3) is 0 Å². The molecule has 3 rings (SSSR count). The molecule has 3 aromatic rings. The molecule has 29 heavy (non-hydrogen) atoms. The molecule has 0 fully saturated rings. The van der Waals surface area contributed by atoms with Crippen molar-refractivity contribution in [2.75, 3.05) is 7.11 Å². The van der Waals surface area contributed by atoms with E-state index in [0.717, 1.165) is 12.1 Å². The predicted octanol–water partition coefficient (Wildman–Crippen LogP) is 5.80. The van der Waals surface area contributed by atoms with Crippen LogP contribution >= 0.6 is 0 Å². The van der Waals surface area contributed by atoms with E-state index in [0.29, 0.717) is 0 Å². The Morgan fingerprint density at radius 1 is 0.793 bits per heavy atom. The van der Waals surface area contributed by atoms with Crippen molar-refractivity contribution >= 4 is 5.97 Å². The largest absolute Gasteiger partial charge is 0.469 e. The Morgan fingerprint density at radius 3 is 1.79 bits per heavy atom. The van der Waals surface area contributed by atoms with Crippen LogP contribution in [0.15, 0.2) is 91.0 Å². The third-order valence-electron chi connectivity index (χ3n) is 5.53. The summed E-state index contributed by atoms with van der Waals surface area (Å²) in [5.74, 6) is -0.505. The van der Waals surface area contributed by atoms with Crippen molar-refractivity contribution < 1.29 is 9.53 Å². The lowest BCUT2D eigenvalue weighted by atomic mass is 9.90. The lowest BCUT2D eigenvalue weighted by molar-refractivity contribution is -0.148. The van der Waals surface area contributed by atoms with Crippen LogP contribution in [0, 0.1) is 5.92 Å². The maximum atomic E-state index is 12.6. The van der Waals surface area contributed by atoms with E-state index in [4.69, 9.17) is 4.74 Å². The molecule has 0 aliphatic heterocycles. The molecule has 150 valence electrons. The second-order valence-electron chi connectivity index (χ2n) is 7.41. The molecule has 0 aromatic heterocycles. The van der Waals surface area contributed by atoms with Crippen LogP contribution in [0.5, 0.6) is 0 Å². The quantitative estimate of drug-likeness (QED) is 0.458. The number of methoxy groups -OCH3 is 1. The van der Waals surface area contributed by atoms with Crippen molar-refractivity contribution in [3.05, 3.63) is 108 Å². The van der Waals surface area contributed by atoms with Crippen molar-refractivity contribution in [3.63, 3.8) is 0 Å². The molecular formula is C26H29NO2. The number of hydrogen-bond acceptors (Lipinski definition) is 3. The molecule has 0 aliphatic carbocycles. The molecule has 0 unspecified atom stereocenters. The minimum Gasteiger partial charge on any atom is -0.469 e. The molecule has 3 nitrogen and oxygen atoms in total. The number of esters is 1. The number of rotatable bonds is 8. The van der Waals surface area contributed by atoms with Gasteiger partial charge in [-0.1, -0.05) is 97.9 Å². The predicted molar refractivity (Wildman–Crippen MR) is 117 cm³/mol. The second-order valence-corrected chi connectivity index (χ2v) is 7.41. The molecule has 0 bridgehead atoms. The monoisotopic (exact) mass is 387 g/mol. The van der Waals surface area contributed by atoms with Crippen molar-refractivity contribution in [1.29, 1.82) is 0 Å². The molecule has 0 heterocycles. The highest BCUT2D eigenvalue weighted by molar-refractivity contribution is 5.73. The van der Waals surface area contributed by atoms with Gasteiger partial charge in [0.05, 0.1) is 13.0 Å². The van der Waals surface area contributed by atoms with Crippen molar-refractivity contribution in [3.8, 4) is 0 Å². The first-order valence-electron chi connectivity index (χ1n) is 10.1. The number of carbonyl (C=O) groups excluding carboxylic acids is 1. The highest BCUT2D eigenvalue weighted by Crippen LogP contribution is 2.37. The van der Waals surface area contributed by atoms with Crippen molar-refractivity contribution in [2.45, 2.75) is 32.5 Å². The number of nitrogens with zero attached hydrogens (tertiary/aromatic N) is 1. The van der Waals surface area contributed by atoms with Crippen LogP contribution in [-0.4, -0.2) is 18.0 Å². The van der Waals surface area contributed by atoms with Gasteiger partial charge in [-0.05, 0) is 23.6 Å². The number of benzene rings is 3. The summed E-state index contributed by atoms with van der Waals surface area (Å²) in [5.41, 5.74) is 3.55. The summed E-state index contributed by atoms with van der Waals surface area (Å²) >= 11 is 0. The van der Waals surface area contributed by atoms with Gasteiger partial charge in [0, 0.05) is 18.6 Å². The van der Waals surface area contributed by atoms with Gasteiger partial charge in [-0.25, -0.2) is 0 Å². The smallest absolute Gasteiger partial charge is 0.310 e. The molecule has 0 aliphatic rings. The van der Waals surface area contributed by atoms with Gasteiger partial charge in [-0.2, -0.15) is 0 Å². The first-order valence-corrected chi connectivity index (χ1v) is 10.1. The molecule has 0 amide bonds. The number of ether oxygens (including phenoxy) is 1. The summed E-state index contributed by atoms with van der Waals surface area (Å²) in [6.07, 6.45) is 0. The lowest BCUT2D eigenvalue weighted by Crippen LogP contribution is -2.37. The maximum absolute atomic E-state index is 12.6. The second kappa shape index (κ2) is 10.0. The third kappa shape index (κ3) is 5.12. The number of hydrogen-bond donors (Lipinski definition) is 0. The van der Waals surface area contributed by atoms with E-state index in [1.165, 1.54) is 18.2 Å². The SMILES string of the molecule is COC(=O)[C@@H](C)[C@@H](c1ccccc1)N(Cc1ccccc1)[C@H](C)c1ccccc1. The highest BCUT2D eigenvalue weighted by atomic mass is 16.5. The molecule has 0 spiro atoms. The van der Waals surface area contributed by atoms with E-state index in [9.17, 15) is 4.79 Å². The molecule has 3 aromatic carbocycles. The van der Waals surface area contributed by atoms with Crippen LogP contribution in [0.25, 0.3) is 0 Å². The Labute approximate surface area is 174 Å². The molecule has 3 atom stereocenters. The van der Waals surface area contributed by atoms with Gasteiger partial charge in [0.2, 0.25) is 0 Å². The van der Waals surface area contributed by atoms with Gasteiger partial charge >= 0.3 is 5.97 Å². The first-order chi connectivity index (χ1) is 14.1. The van der Waals surface area contributed by atoms with Gasteiger partial charge in [0.15, 0.2) is 0 Å². The average Bonchev–Trinajstić information content (AvgIpc) is 2.79. The summed E-state index contributed by atoms with van der Waals surface area (Å²) in [6, 6.07) is 31.1. The molecule has 0 radical (unpaired) electrons. The normalized spacial score (nSPS) is 14.2. The highest BCUT2D eigenvalue weighted by Gasteiger charge is 2.34. The minimum atomic E-state index is -0.308. The Balaban J connectivity index is 2.07. The Bertz CT molecular complexity index is 880. The van der Waals surface area contributed by atoms with Gasteiger partial charge in [-0.15, -0.1) is 0 Å². The van der Waals surface area contributed by atoms with Crippen molar-refractivity contribution in [1.82, 2.24) is 4.90 Å². The fourth-order valence-electron chi connectivity index (χ4n) is 3.93. The zero-order valence-electron chi connectivity index (χ0n) is 17.4. The Morgan fingerprint density at radius 2 is 1.28 bits per heavy atom. The third-order valence-corrected chi connectivity index (χ3v) is 5.53. The number of carbonyl (C=O) groups is 1. The fraction of sp³-hybridized carbons (Fsp3) is 0.269. The Hall–Kier alpha value is -2.91.